The fourth-order valence-electron chi connectivity index (χ4n) is 1.74. The summed E-state index contributed by atoms with van der Waals surface area (Å²) in [6.07, 6.45) is 0.591. The maximum absolute atomic E-state index is 11.2. The zero-order valence-corrected chi connectivity index (χ0v) is 9.74. The Bertz CT molecular complexity index is 459. The Morgan fingerprint density at radius 1 is 1.56 bits per heavy atom. The quantitative estimate of drug-likeness (QED) is 0.846. The van der Waals surface area contributed by atoms with Crippen LogP contribution in [0.5, 0.6) is 0 Å². The Morgan fingerprint density at radius 3 is 2.62 bits per heavy atom. The SMILES string of the molecule is CCC(C)(C#N)c1cccc(C)c1C(=O)O. The van der Waals surface area contributed by atoms with Crippen LogP contribution in [0.1, 0.15) is 41.8 Å². The van der Waals surface area contributed by atoms with E-state index >= 15 is 0 Å². The highest BCUT2D eigenvalue weighted by molar-refractivity contribution is 5.91. The Hall–Kier alpha value is -1.82. The van der Waals surface area contributed by atoms with Crippen molar-refractivity contribution >= 4 is 5.97 Å². The molecule has 1 unspecified atom stereocenters. The van der Waals surface area contributed by atoms with Crippen molar-refractivity contribution in [2.75, 3.05) is 0 Å². The van der Waals surface area contributed by atoms with E-state index in [0.29, 0.717) is 17.5 Å². The van der Waals surface area contributed by atoms with Crippen molar-refractivity contribution in [3.05, 3.63) is 34.9 Å². The predicted octanol–water partition coefficient (Wildman–Crippen LogP) is 2.88. The van der Waals surface area contributed by atoms with Crippen molar-refractivity contribution in [3.63, 3.8) is 0 Å². The minimum Gasteiger partial charge on any atom is -0.478 e. The van der Waals surface area contributed by atoms with Gasteiger partial charge in [-0.05, 0) is 31.4 Å². The van der Waals surface area contributed by atoms with Gasteiger partial charge in [0.15, 0.2) is 0 Å². The zero-order chi connectivity index (χ0) is 12.3. The van der Waals surface area contributed by atoms with Crippen LogP contribution in [0.25, 0.3) is 0 Å². The Labute approximate surface area is 95.3 Å². The fraction of sp³-hybridized carbons (Fsp3) is 0.385. The summed E-state index contributed by atoms with van der Waals surface area (Å²) in [6, 6.07) is 7.47. The molecule has 1 aromatic carbocycles. The zero-order valence-electron chi connectivity index (χ0n) is 9.74. The fourth-order valence-corrected chi connectivity index (χ4v) is 1.74. The van der Waals surface area contributed by atoms with E-state index < -0.39 is 11.4 Å². The first-order chi connectivity index (χ1) is 7.46. The van der Waals surface area contributed by atoms with Crippen molar-refractivity contribution < 1.29 is 9.90 Å². The summed E-state index contributed by atoms with van der Waals surface area (Å²) in [4.78, 5) is 11.2. The van der Waals surface area contributed by atoms with Gasteiger partial charge in [-0.1, -0.05) is 25.1 Å². The van der Waals surface area contributed by atoms with Crippen LogP contribution < -0.4 is 0 Å². The molecule has 1 rings (SSSR count). The van der Waals surface area contributed by atoms with Crippen molar-refractivity contribution in [1.82, 2.24) is 0 Å². The molecule has 0 spiro atoms. The monoisotopic (exact) mass is 217 g/mol. The number of carboxylic acid groups (broad SMARTS) is 1. The number of rotatable bonds is 3. The largest absolute Gasteiger partial charge is 0.478 e. The minimum absolute atomic E-state index is 0.258. The normalized spacial score (nSPS) is 13.9. The molecule has 1 atom stereocenters. The van der Waals surface area contributed by atoms with Gasteiger partial charge in [0.05, 0.1) is 17.0 Å². The number of nitriles is 1. The lowest BCUT2D eigenvalue weighted by Crippen LogP contribution is -2.22. The predicted molar refractivity (Wildman–Crippen MR) is 61.4 cm³/mol. The molecule has 0 saturated heterocycles. The van der Waals surface area contributed by atoms with Gasteiger partial charge in [-0.2, -0.15) is 5.26 Å². The minimum atomic E-state index is -0.969. The maximum Gasteiger partial charge on any atom is 0.336 e. The standard InChI is InChI=1S/C13H15NO2/c1-4-13(3,8-14)10-7-5-6-9(2)11(10)12(15)16/h5-7H,4H2,1-3H3,(H,15,16). The first-order valence-electron chi connectivity index (χ1n) is 5.21. The molecule has 1 aromatic rings. The Balaban J connectivity index is 3.52. The van der Waals surface area contributed by atoms with Gasteiger partial charge in [0.1, 0.15) is 0 Å². The van der Waals surface area contributed by atoms with Gasteiger partial charge in [0.25, 0.3) is 0 Å². The number of hydrogen-bond acceptors (Lipinski definition) is 2. The number of aromatic carboxylic acids is 1. The molecule has 16 heavy (non-hydrogen) atoms. The van der Waals surface area contributed by atoms with Crippen LogP contribution in [0.15, 0.2) is 18.2 Å². The van der Waals surface area contributed by atoms with E-state index in [1.165, 1.54) is 0 Å². The number of nitrogens with zero attached hydrogens (tertiary/aromatic N) is 1. The highest BCUT2D eigenvalue weighted by Crippen LogP contribution is 2.31. The lowest BCUT2D eigenvalue weighted by molar-refractivity contribution is 0.0693. The van der Waals surface area contributed by atoms with E-state index in [2.05, 4.69) is 6.07 Å². The molecule has 84 valence electrons. The average molecular weight is 217 g/mol. The summed E-state index contributed by atoms with van der Waals surface area (Å²) < 4.78 is 0. The number of benzene rings is 1. The van der Waals surface area contributed by atoms with E-state index in [-0.39, 0.29) is 5.56 Å². The highest BCUT2D eigenvalue weighted by atomic mass is 16.4. The van der Waals surface area contributed by atoms with Crippen molar-refractivity contribution in [2.45, 2.75) is 32.6 Å². The molecular weight excluding hydrogens is 202 g/mol. The van der Waals surface area contributed by atoms with Gasteiger partial charge in [-0.15, -0.1) is 0 Å². The van der Waals surface area contributed by atoms with Gasteiger partial charge in [0, 0.05) is 0 Å². The van der Waals surface area contributed by atoms with Crippen LogP contribution in [0.4, 0.5) is 0 Å². The summed E-state index contributed by atoms with van der Waals surface area (Å²) >= 11 is 0. The second-order valence-corrected chi connectivity index (χ2v) is 4.10. The van der Waals surface area contributed by atoms with E-state index in [4.69, 9.17) is 0 Å². The Kier molecular flexibility index (Phi) is 3.34. The first-order valence-corrected chi connectivity index (χ1v) is 5.21. The van der Waals surface area contributed by atoms with Crippen LogP contribution in [-0.2, 0) is 5.41 Å². The summed E-state index contributed by atoms with van der Waals surface area (Å²) in [5, 5.41) is 18.4. The van der Waals surface area contributed by atoms with Crippen molar-refractivity contribution in [2.24, 2.45) is 0 Å². The number of carboxylic acids is 1. The lowest BCUT2D eigenvalue weighted by atomic mass is 9.78. The third-order valence-corrected chi connectivity index (χ3v) is 3.03. The molecule has 0 bridgehead atoms. The molecule has 0 radical (unpaired) electrons. The lowest BCUT2D eigenvalue weighted by Gasteiger charge is -2.22. The summed E-state index contributed by atoms with van der Waals surface area (Å²) in [5.41, 5.74) is 0.818. The third kappa shape index (κ3) is 1.92. The molecule has 0 aliphatic heterocycles. The molecule has 0 fully saturated rings. The molecule has 3 nitrogen and oxygen atoms in total. The third-order valence-electron chi connectivity index (χ3n) is 3.03. The molecular formula is C13H15NO2. The van der Waals surface area contributed by atoms with Crippen LogP contribution in [0.3, 0.4) is 0 Å². The van der Waals surface area contributed by atoms with Crippen molar-refractivity contribution in [1.29, 1.82) is 5.26 Å². The van der Waals surface area contributed by atoms with Gasteiger partial charge >= 0.3 is 5.97 Å². The van der Waals surface area contributed by atoms with E-state index in [0.717, 1.165) is 0 Å². The van der Waals surface area contributed by atoms with Gasteiger partial charge in [-0.25, -0.2) is 4.79 Å². The maximum atomic E-state index is 11.2. The van der Waals surface area contributed by atoms with E-state index in [9.17, 15) is 15.2 Å². The second-order valence-electron chi connectivity index (χ2n) is 4.10. The van der Waals surface area contributed by atoms with Crippen LogP contribution in [0.2, 0.25) is 0 Å². The van der Waals surface area contributed by atoms with Gasteiger partial charge in [0.2, 0.25) is 0 Å². The molecule has 0 aliphatic rings. The van der Waals surface area contributed by atoms with E-state index in [1.807, 2.05) is 6.92 Å². The van der Waals surface area contributed by atoms with Gasteiger partial charge in [-0.3, -0.25) is 0 Å². The Morgan fingerprint density at radius 2 is 2.19 bits per heavy atom. The topological polar surface area (TPSA) is 61.1 Å². The molecule has 0 heterocycles. The van der Waals surface area contributed by atoms with Crippen LogP contribution in [0, 0.1) is 18.3 Å². The average Bonchev–Trinajstić information content (AvgIpc) is 2.27. The smallest absolute Gasteiger partial charge is 0.336 e. The number of carbonyl (C=O) groups is 1. The molecule has 0 amide bonds. The first kappa shape index (κ1) is 12.3. The van der Waals surface area contributed by atoms with Crippen LogP contribution in [-0.4, -0.2) is 11.1 Å². The van der Waals surface area contributed by atoms with E-state index in [1.54, 1.807) is 32.0 Å². The summed E-state index contributed by atoms with van der Waals surface area (Å²) in [6.45, 7) is 5.41. The molecule has 1 N–H and O–H groups in total. The summed E-state index contributed by atoms with van der Waals surface area (Å²) in [7, 11) is 0. The molecule has 0 aromatic heterocycles. The van der Waals surface area contributed by atoms with Crippen LogP contribution >= 0.6 is 0 Å². The van der Waals surface area contributed by atoms with Gasteiger partial charge < -0.3 is 5.11 Å². The molecule has 0 saturated carbocycles. The number of hydrogen-bond donors (Lipinski definition) is 1. The second kappa shape index (κ2) is 4.36. The molecule has 3 heteroatoms. The summed E-state index contributed by atoms with van der Waals surface area (Å²) in [5.74, 6) is -0.969. The highest BCUT2D eigenvalue weighted by Gasteiger charge is 2.29. The van der Waals surface area contributed by atoms with Crippen molar-refractivity contribution in [3.8, 4) is 6.07 Å². The molecule has 0 aliphatic carbocycles. The number of aryl methyl sites for hydroxylation is 1.